The Balaban J connectivity index is 1.53. The van der Waals surface area contributed by atoms with Gasteiger partial charge >= 0.3 is 0 Å². The minimum absolute atomic E-state index is 0.108. The standard InChI is InChI=1S/C20H17N3O2S/c24-19-18-14(16-8-4-10-25-16)12-26-20(18)22-17(21-19)11-23-9-3-6-13-5-1-2-7-15(13)23/h1-2,4-5,7-8,10,12H,3,6,9,11H2,(H,21,22,24). The summed E-state index contributed by atoms with van der Waals surface area (Å²) in [4.78, 5) is 23.4. The number of rotatable bonds is 3. The molecule has 1 aromatic carbocycles. The first kappa shape index (κ1) is 15.4. The van der Waals surface area contributed by atoms with Crippen molar-refractivity contribution in [1.82, 2.24) is 9.97 Å². The summed E-state index contributed by atoms with van der Waals surface area (Å²) in [5, 5.41) is 2.54. The number of nitrogens with zero attached hydrogens (tertiary/aromatic N) is 2. The summed E-state index contributed by atoms with van der Waals surface area (Å²) in [6.07, 6.45) is 3.83. The average molecular weight is 363 g/mol. The Hall–Kier alpha value is -2.86. The first-order chi connectivity index (χ1) is 12.8. The number of aromatic amines is 1. The lowest BCUT2D eigenvalue weighted by molar-refractivity contribution is 0.583. The van der Waals surface area contributed by atoms with E-state index in [1.165, 1.54) is 22.6 Å². The summed E-state index contributed by atoms with van der Waals surface area (Å²) >= 11 is 1.48. The third-order valence-corrected chi connectivity index (χ3v) is 5.70. The van der Waals surface area contributed by atoms with Crippen LogP contribution in [-0.2, 0) is 13.0 Å². The zero-order valence-corrected chi connectivity index (χ0v) is 14.9. The van der Waals surface area contributed by atoms with Gasteiger partial charge in [-0.15, -0.1) is 11.3 Å². The maximum Gasteiger partial charge on any atom is 0.260 e. The molecule has 0 saturated carbocycles. The second-order valence-electron chi connectivity index (χ2n) is 6.47. The number of H-pyrrole nitrogens is 1. The summed E-state index contributed by atoms with van der Waals surface area (Å²) in [7, 11) is 0. The van der Waals surface area contributed by atoms with Crippen LogP contribution in [0, 0.1) is 0 Å². The number of hydrogen-bond donors (Lipinski definition) is 1. The van der Waals surface area contributed by atoms with Crippen molar-refractivity contribution in [3.05, 3.63) is 69.8 Å². The molecule has 3 aromatic heterocycles. The molecule has 5 rings (SSSR count). The fourth-order valence-electron chi connectivity index (χ4n) is 3.64. The van der Waals surface area contributed by atoms with Crippen molar-refractivity contribution < 1.29 is 4.42 Å². The zero-order chi connectivity index (χ0) is 17.5. The number of para-hydroxylation sites is 1. The first-order valence-corrected chi connectivity index (χ1v) is 9.55. The largest absolute Gasteiger partial charge is 0.464 e. The van der Waals surface area contributed by atoms with Crippen LogP contribution in [-0.4, -0.2) is 16.5 Å². The van der Waals surface area contributed by atoms with Gasteiger partial charge in [0.2, 0.25) is 0 Å². The highest BCUT2D eigenvalue weighted by Crippen LogP contribution is 2.31. The van der Waals surface area contributed by atoms with Gasteiger partial charge in [-0.1, -0.05) is 18.2 Å². The molecule has 1 N–H and O–H groups in total. The van der Waals surface area contributed by atoms with Crippen LogP contribution < -0.4 is 10.5 Å². The number of furan rings is 1. The van der Waals surface area contributed by atoms with Crippen LogP contribution >= 0.6 is 11.3 Å². The van der Waals surface area contributed by atoms with Crippen molar-refractivity contribution in [2.24, 2.45) is 0 Å². The summed E-state index contributed by atoms with van der Waals surface area (Å²) < 4.78 is 5.45. The van der Waals surface area contributed by atoms with Gasteiger partial charge in [-0.3, -0.25) is 4.79 Å². The summed E-state index contributed by atoms with van der Waals surface area (Å²) in [5.74, 6) is 1.40. The second-order valence-corrected chi connectivity index (χ2v) is 7.33. The molecule has 0 aliphatic carbocycles. The monoisotopic (exact) mass is 363 g/mol. The van der Waals surface area contributed by atoms with Gasteiger partial charge in [-0.05, 0) is 36.6 Å². The molecule has 0 spiro atoms. The molecule has 0 unspecified atom stereocenters. The Morgan fingerprint density at radius 2 is 2.15 bits per heavy atom. The minimum Gasteiger partial charge on any atom is -0.464 e. The van der Waals surface area contributed by atoms with Crippen LogP contribution in [0.25, 0.3) is 21.5 Å². The zero-order valence-electron chi connectivity index (χ0n) is 14.1. The highest BCUT2D eigenvalue weighted by molar-refractivity contribution is 7.17. The SMILES string of the molecule is O=c1[nH]c(CN2CCCc3ccccc32)nc2scc(-c3ccco3)c12. The second kappa shape index (κ2) is 6.14. The van der Waals surface area contributed by atoms with Gasteiger partial charge < -0.3 is 14.3 Å². The number of anilines is 1. The van der Waals surface area contributed by atoms with Crippen LogP contribution in [0.5, 0.6) is 0 Å². The fourth-order valence-corrected chi connectivity index (χ4v) is 4.58. The molecule has 26 heavy (non-hydrogen) atoms. The van der Waals surface area contributed by atoms with Gasteiger partial charge in [0.25, 0.3) is 5.56 Å². The highest BCUT2D eigenvalue weighted by Gasteiger charge is 2.19. The molecule has 0 fully saturated rings. The average Bonchev–Trinajstić information content (AvgIpc) is 3.31. The third-order valence-electron chi connectivity index (χ3n) is 4.83. The molecule has 6 heteroatoms. The van der Waals surface area contributed by atoms with E-state index in [0.717, 1.165) is 29.8 Å². The third kappa shape index (κ3) is 2.54. The van der Waals surface area contributed by atoms with E-state index in [1.54, 1.807) is 6.26 Å². The normalized spacial score (nSPS) is 13.9. The van der Waals surface area contributed by atoms with E-state index in [-0.39, 0.29) is 5.56 Å². The molecule has 1 aliphatic rings. The van der Waals surface area contributed by atoms with Crippen LogP contribution in [0.15, 0.2) is 57.3 Å². The number of benzene rings is 1. The number of nitrogens with one attached hydrogen (secondary N) is 1. The van der Waals surface area contributed by atoms with Crippen molar-refractivity contribution >= 4 is 27.2 Å². The first-order valence-electron chi connectivity index (χ1n) is 8.67. The van der Waals surface area contributed by atoms with Crippen molar-refractivity contribution in [2.75, 3.05) is 11.4 Å². The smallest absolute Gasteiger partial charge is 0.260 e. The van der Waals surface area contributed by atoms with Gasteiger partial charge in [0.05, 0.1) is 18.2 Å². The molecule has 0 bridgehead atoms. The van der Waals surface area contributed by atoms with Crippen LogP contribution in [0.2, 0.25) is 0 Å². The number of hydrogen-bond acceptors (Lipinski definition) is 5. The lowest BCUT2D eigenvalue weighted by Crippen LogP contribution is -2.30. The molecule has 0 radical (unpaired) electrons. The summed E-state index contributed by atoms with van der Waals surface area (Å²) in [6, 6.07) is 12.1. The fraction of sp³-hybridized carbons (Fsp3) is 0.200. The van der Waals surface area contributed by atoms with E-state index in [2.05, 4.69) is 34.1 Å². The van der Waals surface area contributed by atoms with Gasteiger partial charge in [0, 0.05) is 23.2 Å². The molecule has 5 nitrogen and oxygen atoms in total. The number of aromatic nitrogens is 2. The molecule has 4 heterocycles. The van der Waals surface area contributed by atoms with Crippen molar-refractivity contribution in [3.63, 3.8) is 0 Å². The molecular formula is C20H17N3O2S. The molecule has 0 saturated heterocycles. The van der Waals surface area contributed by atoms with Crippen molar-refractivity contribution in [2.45, 2.75) is 19.4 Å². The number of fused-ring (bicyclic) bond motifs is 2. The predicted molar refractivity (Wildman–Crippen MR) is 104 cm³/mol. The lowest BCUT2D eigenvalue weighted by atomic mass is 10.0. The Labute approximate surface area is 153 Å². The van der Waals surface area contributed by atoms with Crippen molar-refractivity contribution in [1.29, 1.82) is 0 Å². The van der Waals surface area contributed by atoms with E-state index in [0.29, 0.717) is 23.5 Å². The molecule has 130 valence electrons. The Morgan fingerprint density at radius 1 is 1.23 bits per heavy atom. The van der Waals surface area contributed by atoms with E-state index >= 15 is 0 Å². The highest BCUT2D eigenvalue weighted by atomic mass is 32.1. The predicted octanol–water partition coefficient (Wildman–Crippen LogP) is 4.20. The Bertz CT molecular complexity index is 1130. The topological polar surface area (TPSA) is 62.1 Å². The van der Waals surface area contributed by atoms with Crippen LogP contribution in [0.3, 0.4) is 0 Å². The molecule has 4 aromatic rings. The molecule has 0 amide bonds. The quantitative estimate of drug-likeness (QED) is 0.593. The van der Waals surface area contributed by atoms with E-state index in [4.69, 9.17) is 9.40 Å². The van der Waals surface area contributed by atoms with Crippen LogP contribution in [0.1, 0.15) is 17.8 Å². The van der Waals surface area contributed by atoms with Gasteiger partial charge in [-0.2, -0.15) is 0 Å². The Kier molecular flexibility index (Phi) is 3.64. The molecule has 1 aliphatic heterocycles. The van der Waals surface area contributed by atoms with Crippen LogP contribution in [0.4, 0.5) is 5.69 Å². The summed E-state index contributed by atoms with van der Waals surface area (Å²) in [6.45, 7) is 1.58. The van der Waals surface area contributed by atoms with E-state index in [9.17, 15) is 4.79 Å². The molecular weight excluding hydrogens is 346 g/mol. The van der Waals surface area contributed by atoms with E-state index in [1.807, 2.05) is 17.5 Å². The van der Waals surface area contributed by atoms with Gasteiger partial charge in [0.1, 0.15) is 16.4 Å². The van der Waals surface area contributed by atoms with E-state index < -0.39 is 0 Å². The maximum absolute atomic E-state index is 12.7. The lowest BCUT2D eigenvalue weighted by Gasteiger charge is -2.30. The maximum atomic E-state index is 12.7. The van der Waals surface area contributed by atoms with Crippen molar-refractivity contribution in [3.8, 4) is 11.3 Å². The number of aryl methyl sites for hydroxylation is 1. The van der Waals surface area contributed by atoms with Gasteiger partial charge in [-0.25, -0.2) is 4.98 Å². The minimum atomic E-state index is -0.108. The Morgan fingerprint density at radius 3 is 3.04 bits per heavy atom. The summed E-state index contributed by atoms with van der Waals surface area (Å²) in [5.41, 5.74) is 3.30. The number of thiophene rings is 1. The molecule has 0 atom stereocenters. The van der Waals surface area contributed by atoms with Gasteiger partial charge in [0.15, 0.2) is 0 Å².